The fourth-order valence-corrected chi connectivity index (χ4v) is 5.44. The number of aromatic nitrogens is 2. The molecule has 2 aromatic rings. The van der Waals surface area contributed by atoms with Crippen LogP contribution in [0.5, 0.6) is 0 Å². The highest BCUT2D eigenvalue weighted by atomic mass is 32.1. The highest BCUT2D eigenvalue weighted by Crippen LogP contribution is 2.44. The van der Waals surface area contributed by atoms with Gasteiger partial charge in [-0.05, 0) is 55.4 Å². The van der Waals surface area contributed by atoms with E-state index in [0.717, 1.165) is 19.0 Å². The topological polar surface area (TPSA) is 29.0 Å². The first-order valence-corrected chi connectivity index (χ1v) is 9.86. The Morgan fingerprint density at radius 2 is 1.91 bits per heavy atom. The molecule has 0 N–H and O–H groups in total. The smallest absolute Gasteiger partial charge is 0.141 e. The summed E-state index contributed by atoms with van der Waals surface area (Å²) < 4.78 is 0. The molecule has 1 aliphatic carbocycles. The van der Waals surface area contributed by atoms with Crippen LogP contribution in [-0.4, -0.2) is 23.1 Å². The summed E-state index contributed by atoms with van der Waals surface area (Å²) >= 11 is 1.92. The van der Waals surface area contributed by atoms with Crippen molar-refractivity contribution in [1.29, 1.82) is 0 Å². The summed E-state index contributed by atoms with van der Waals surface area (Å²) in [6.07, 6.45) is 9.45. The lowest BCUT2D eigenvalue weighted by molar-refractivity contribution is 0.218. The number of nitrogens with zero attached hydrogens (tertiary/aromatic N) is 3. The Hall–Kier alpha value is -1.16. The third-order valence-electron chi connectivity index (χ3n) is 5.71. The molecule has 2 aliphatic rings. The molecule has 3 heterocycles. The minimum absolute atomic E-state index is 0.398. The quantitative estimate of drug-likeness (QED) is 0.750. The van der Waals surface area contributed by atoms with Gasteiger partial charge in [-0.15, -0.1) is 11.3 Å². The van der Waals surface area contributed by atoms with Crippen LogP contribution in [0, 0.1) is 11.3 Å². The third kappa shape index (κ3) is 2.75. The summed E-state index contributed by atoms with van der Waals surface area (Å²) in [7, 11) is 0. The monoisotopic (exact) mass is 329 g/mol. The van der Waals surface area contributed by atoms with Crippen LogP contribution in [-0.2, 0) is 12.8 Å². The highest BCUT2D eigenvalue weighted by molar-refractivity contribution is 7.19. The van der Waals surface area contributed by atoms with Crippen molar-refractivity contribution in [3.8, 4) is 0 Å². The van der Waals surface area contributed by atoms with E-state index in [4.69, 9.17) is 4.98 Å². The molecule has 0 saturated carbocycles. The number of hydrogen-bond acceptors (Lipinski definition) is 4. The first-order valence-electron chi connectivity index (χ1n) is 9.04. The van der Waals surface area contributed by atoms with Crippen LogP contribution in [0.1, 0.15) is 56.9 Å². The van der Waals surface area contributed by atoms with Crippen molar-refractivity contribution in [3.63, 3.8) is 0 Å². The van der Waals surface area contributed by atoms with Crippen molar-refractivity contribution >= 4 is 27.4 Å². The van der Waals surface area contributed by atoms with Gasteiger partial charge in [-0.25, -0.2) is 9.97 Å². The van der Waals surface area contributed by atoms with Crippen LogP contribution in [0.4, 0.5) is 5.82 Å². The van der Waals surface area contributed by atoms with Gasteiger partial charge >= 0.3 is 0 Å². The van der Waals surface area contributed by atoms with Gasteiger partial charge < -0.3 is 4.90 Å². The molecule has 0 aromatic carbocycles. The number of rotatable bonds is 1. The van der Waals surface area contributed by atoms with E-state index in [9.17, 15) is 0 Å². The van der Waals surface area contributed by atoms with E-state index in [0.29, 0.717) is 5.41 Å². The van der Waals surface area contributed by atoms with Crippen LogP contribution >= 0.6 is 11.3 Å². The van der Waals surface area contributed by atoms with E-state index < -0.39 is 0 Å². The Balaban J connectivity index is 1.76. The lowest BCUT2D eigenvalue weighted by Gasteiger charge is -2.34. The molecule has 2 aromatic heterocycles. The minimum Gasteiger partial charge on any atom is -0.356 e. The average molecular weight is 330 g/mol. The third-order valence-corrected chi connectivity index (χ3v) is 6.87. The molecule has 3 nitrogen and oxygen atoms in total. The molecule has 1 aliphatic heterocycles. The number of aryl methyl sites for hydroxylation is 1. The van der Waals surface area contributed by atoms with Gasteiger partial charge in [0.2, 0.25) is 0 Å². The van der Waals surface area contributed by atoms with Gasteiger partial charge in [0, 0.05) is 18.0 Å². The van der Waals surface area contributed by atoms with Crippen molar-refractivity contribution in [1.82, 2.24) is 9.97 Å². The lowest BCUT2D eigenvalue weighted by atomic mass is 9.72. The standard InChI is InChI=1S/C19H27N3S/c1-19(2,3)13-7-8-14-15(11-13)23-18-16(14)17(20-12-21-18)22-9-5-4-6-10-22/h12-13H,4-11H2,1-3H3. The largest absolute Gasteiger partial charge is 0.356 e. The van der Waals surface area contributed by atoms with Crippen LogP contribution in [0.2, 0.25) is 0 Å². The predicted octanol–water partition coefficient (Wildman–Crippen LogP) is 4.83. The maximum Gasteiger partial charge on any atom is 0.141 e. The van der Waals surface area contributed by atoms with Crippen molar-refractivity contribution < 1.29 is 0 Å². The van der Waals surface area contributed by atoms with E-state index in [2.05, 4.69) is 30.7 Å². The summed E-state index contributed by atoms with van der Waals surface area (Å²) in [5.41, 5.74) is 1.96. The summed E-state index contributed by atoms with van der Waals surface area (Å²) in [6, 6.07) is 0. The number of fused-ring (bicyclic) bond motifs is 3. The Kier molecular flexibility index (Phi) is 3.83. The molecule has 1 atom stereocenters. The lowest BCUT2D eigenvalue weighted by Crippen LogP contribution is -2.30. The van der Waals surface area contributed by atoms with Gasteiger partial charge in [-0.1, -0.05) is 20.8 Å². The van der Waals surface area contributed by atoms with Crippen molar-refractivity contribution in [3.05, 3.63) is 16.8 Å². The van der Waals surface area contributed by atoms with Crippen LogP contribution in [0.15, 0.2) is 6.33 Å². The zero-order valence-electron chi connectivity index (χ0n) is 14.6. The molecule has 124 valence electrons. The van der Waals surface area contributed by atoms with Crippen LogP contribution in [0.25, 0.3) is 10.2 Å². The second-order valence-electron chi connectivity index (χ2n) is 8.23. The van der Waals surface area contributed by atoms with Gasteiger partial charge in [-0.3, -0.25) is 0 Å². The molecular formula is C19H27N3S. The van der Waals surface area contributed by atoms with Gasteiger partial charge in [0.05, 0.1) is 5.39 Å². The second-order valence-corrected chi connectivity index (χ2v) is 9.32. The maximum absolute atomic E-state index is 4.70. The predicted molar refractivity (Wildman–Crippen MR) is 98.4 cm³/mol. The molecule has 1 saturated heterocycles. The first kappa shape index (κ1) is 15.4. The zero-order valence-corrected chi connectivity index (χ0v) is 15.4. The van der Waals surface area contributed by atoms with Gasteiger partial charge in [0.1, 0.15) is 17.0 Å². The molecule has 4 heteroatoms. The Morgan fingerprint density at radius 3 is 2.65 bits per heavy atom. The summed E-state index contributed by atoms with van der Waals surface area (Å²) in [4.78, 5) is 14.6. The first-order chi connectivity index (χ1) is 11.0. The fourth-order valence-electron chi connectivity index (χ4n) is 4.18. The molecule has 23 heavy (non-hydrogen) atoms. The number of piperidine rings is 1. The Morgan fingerprint density at radius 1 is 1.13 bits per heavy atom. The van der Waals surface area contributed by atoms with Crippen LogP contribution < -0.4 is 4.90 Å². The summed E-state index contributed by atoms with van der Waals surface area (Å²) in [5, 5.41) is 1.38. The van der Waals surface area contributed by atoms with Crippen molar-refractivity contribution in [2.75, 3.05) is 18.0 Å². The number of hydrogen-bond donors (Lipinski definition) is 0. The Labute approximate surface area is 143 Å². The molecular weight excluding hydrogens is 302 g/mol. The summed E-state index contributed by atoms with van der Waals surface area (Å²) in [5.74, 6) is 2.00. The normalized spacial score (nSPS) is 22.4. The van der Waals surface area contributed by atoms with Gasteiger partial charge in [0.15, 0.2) is 0 Å². The van der Waals surface area contributed by atoms with Gasteiger partial charge in [0.25, 0.3) is 0 Å². The highest BCUT2D eigenvalue weighted by Gasteiger charge is 2.32. The van der Waals surface area contributed by atoms with Crippen molar-refractivity contribution in [2.45, 2.75) is 59.3 Å². The van der Waals surface area contributed by atoms with Crippen LogP contribution in [0.3, 0.4) is 0 Å². The molecule has 0 spiro atoms. The molecule has 4 rings (SSSR count). The molecule has 0 amide bonds. The summed E-state index contributed by atoms with van der Waals surface area (Å²) in [6.45, 7) is 9.46. The minimum atomic E-state index is 0.398. The average Bonchev–Trinajstić information content (AvgIpc) is 2.92. The SMILES string of the molecule is CC(C)(C)C1CCc2c(sc3ncnc(N4CCCCC4)c23)C1. The molecule has 0 bridgehead atoms. The molecule has 1 fully saturated rings. The van der Waals surface area contributed by atoms with E-state index in [1.165, 1.54) is 54.6 Å². The van der Waals surface area contributed by atoms with E-state index in [1.807, 2.05) is 11.3 Å². The van der Waals surface area contributed by atoms with Crippen molar-refractivity contribution in [2.24, 2.45) is 11.3 Å². The molecule has 0 radical (unpaired) electrons. The number of thiophene rings is 1. The van der Waals surface area contributed by atoms with E-state index in [-0.39, 0.29) is 0 Å². The second kappa shape index (κ2) is 5.73. The maximum atomic E-state index is 4.70. The zero-order chi connectivity index (χ0) is 16.0. The van der Waals surface area contributed by atoms with E-state index in [1.54, 1.807) is 16.8 Å². The van der Waals surface area contributed by atoms with Gasteiger partial charge in [-0.2, -0.15) is 0 Å². The fraction of sp³-hybridized carbons (Fsp3) is 0.684. The van der Waals surface area contributed by atoms with E-state index >= 15 is 0 Å². The number of anilines is 1. The molecule has 1 unspecified atom stereocenters. The Bertz CT molecular complexity index is 707.